The number of carbonyl (C=O) groups is 1. The van der Waals surface area contributed by atoms with Gasteiger partial charge in [-0.05, 0) is 47.4 Å². The van der Waals surface area contributed by atoms with E-state index in [4.69, 9.17) is 11.6 Å². The van der Waals surface area contributed by atoms with Gasteiger partial charge in [-0.1, -0.05) is 26.0 Å². The van der Waals surface area contributed by atoms with Crippen molar-refractivity contribution in [1.82, 2.24) is 0 Å². The maximum absolute atomic E-state index is 13.1. The number of anilines is 1. The second-order valence-corrected chi connectivity index (χ2v) is 7.21. The summed E-state index contributed by atoms with van der Waals surface area (Å²) in [5.74, 6) is -0.521. The number of hydrogen-bond donors (Lipinski definition) is 0. The highest BCUT2D eigenvalue weighted by molar-refractivity contribution is 6.29. The molecule has 5 heteroatoms. The molecule has 0 radical (unpaired) electrons. The Balaban J connectivity index is 2.07. The molecule has 2 aromatic rings. The van der Waals surface area contributed by atoms with Gasteiger partial charge in [-0.3, -0.25) is 4.79 Å². The number of benzene rings is 2. The lowest BCUT2D eigenvalue weighted by atomic mass is 9.84. The average molecular weight is 357 g/mol. The largest absolute Gasteiger partial charge is 0.310 e. The number of hydrogen-bond acceptors (Lipinski definition) is 2. The van der Waals surface area contributed by atoms with Crippen LogP contribution in [0.4, 0.5) is 10.1 Å². The van der Waals surface area contributed by atoms with Gasteiger partial charge in [0.1, 0.15) is 11.7 Å². The first-order valence-electron chi connectivity index (χ1n) is 8.04. The molecule has 0 fully saturated rings. The zero-order valence-corrected chi connectivity index (χ0v) is 14.9. The molecule has 1 aliphatic rings. The Kier molecular flexibility index (Phi) is 4.53. The number of alkyl halides is 1. The Morgan fingerprint density at radius 1 is 1.32 bits per heavy atom. The van der Waals surface area contributed by atoms with Crippen LogP contribution in [0.1, 0.15) is 36.1 Å². The average Bonchev–Trinajstić information content (AvgIpc) is 2.86. The minimum Gasteiger partial charge on any atom is -0.310 e. The second-order valence-electron chi connectivity index (χ2n) is 6.94. The highest BCUT2D eigenvalue weighted by Crippen LogP contribution is 2.42. The second kappa shape index (κ2) is 6.50. The van der Waals surface area contributed by atoms with Crippen LogP contribution in [0.5, 0.6) is 0 Å². The van der Waals surface area contributed by atoms with Gasteiger partial charge in [0.2, 0.25) is 5.91 Å². The van der Waals surface area contributed by atoms with Crippen LogP contribution in [0.15, 0.2) is 36.4 Å². The summed E-state index contributed by atoms with van der Waals surface area (Å²) in [4.78, 5) is 13.9. The predicted octanol–water partition coefficient (Wildman–Crippen LogP) is 4.15. The van der Waals surface area contributed by atoms with Crippen LogP contribution in [0.3, 0.4) is 0 Å². The van der Waals surface area contributed by atoms with E-state index in [1.807, 2.05) is 26.0 Å². The standard InChI is InChI=1S/C20H18ClFN2O/c1-20(2)12-24(19(25)10-21)18-9-14(15(11-23)8-17(18)20)7-13-3-5-16(22)6-4-13/h3-6,8-9H,7,10,12H2,1-2H3. The molecule has 0 atom stereocenters. The molecule has 25 heavy (non-hydrogen) atoms. The van der Waals surface area contributed by atoms with Crippen LogP contribution in [0, 0.1) is 17.1 Å². The van der Waals surface area contributed by atoms with Gasteiger partial charge in [-0.15, -0.1) is 11.6 Å². The molecule has 3 nitrogen and oxygen atoms in total. The molecule has 0 saturated carbocycles. The van der Waals surface area contributed by atoms with Gasteiger partial charge in [-0.25, -0.2) is 4.39 Å². The Morgan fingerprint density at radius 3 is 2.60 bits per heavy atom. The van der Waals surface area contributed by atoms with E-state index in [9.17, 15) is 14.4 Å². The minimum atomic E-state index is -0.293. The number of carbonyl (C=O) groups excluding carboxylic acids is 1. The summed E-state index contributed by atoms with van der Waals surface area (Å²) >= 11 is 5.76. The molecule has 0 unspecified atom stereocenters. The van der Waals surface area contributed by atoms with E-state index in [1.165, 1.54) is 12.1 Å². The first-order valence-corrected chi connectivity index (χ1v) is 8.57. The Hall–Kier alpha value is -2.38. The molecule has 0 spiro atoms. The fraction of sp³-hybridized carbons (Fsp3) is 0.300. The summed E-state index contributed by atoms with van der Waals surface area (Å²) in [7, 11) is 0. The molecular formula is C20H18ClFN2O. The van der Waals surface area contributed by atoms with Crippen molar-refractivity contribution in [3.8, 4) is 6.07 Å². The highest BCUT2D eigenvalue weighted by atomic mass is 35.5. The van der Waals surface area contributed by atoms with Gasteiger partial charge in [-0.2, -0.15) is 5.26 Å². The normalized spacial score (nSPS) is 14.9. The molecular weight excluding hydrogens is 339 g/mol. The van der Waals surface area contributed by atoms with Gasteiger partial charge in [0.05, 0.1) is 11.6 Å². The highest BCUT2D eigenvalue weighted by Gasteiger charge is 2.38. The lowest BCUT2D eigenvalue weighted by Crippen LogP contribution is -2.34. The first-order chi connectivity index (χ1) is 11.9. The zero-order chi connectivity index (χ0) is 18.2. The third-order valence-electron chi connectivity index (χ3n) is 4.64. The molecule has 1 aliphatic heterocycles. The van der Waals surface area contributed by atoms with E-state index in [0.717, 1.165) is 22.4 Å². The summed E-state index contributed by atoms with van der Waals surface area (Å²) in [6, 6.07) is 12.2. The van der Waals surface area contributed by atoms with Crippen LogP contribution < -0.4 is 4.90 Å². The van der Waals surface area contributed by atoms with Crippen LogP contribution in [-0.4, -0.2) is 18.3 Å². The van der Waals surface area contributed by atoms with Crippen LogP contribution >= 0.6 is 11.6 Å². The van der Waals surface area contributed by atoms with Gasteiger partial charge in [0.15, 0.2) is 0 Å². The summed E-state index contributed by atoms with van der Waals surface area (Å²) in [6.07, 6.45) is 0.500. The Bertz CT molecular complexity index is 869. The number of rotatable bonds is 3. The summed E-state index contributed by atoms with van der Waals surface area (Å²) < 4.78 is 13.1. The van der Waals surface area contributed by atoms with Crippen molar-refractivity contribution < 1.29 is 9.18 Å². The molecule has 2 aromatic carbocycles. The van der Waals surface area contributed by atoms with E-state index in [1.54, 1.807) is 17.0 Å². The van der Waals surface area contributed by atoms with Gasteiger partial charge in [0, 0.05) is 17.6 Å². The first kappa shape index (κ1) is 17.4. The lowest BCUT2D eigenvalue weighted by molar-refractivity contribution is -0.116. The van der Waals surface area contributed by atoms with Crippen molar-refractivity contribution >= 4 is 23.2 Å². The maximum atomic E-state index is 13.1. The van der Waals surface area contributed by atoms with Crippen LogP contribution in [0.25, 0.3) is 0 Å². The van der Waals surface area contributed by atoms with Gasteiger partial charge < -0.3 is 4.90 Å². The SMILES string of the molecule is CC1(C)CN(C(=O)CCl)c2cc(Cc3ccc(F)cc3)c(C#N)cc21. The van der Waals surface area contributed by atoms with Crippen LogP contribution in [-0.2, 0) is 16.6 Å². The topological polar surface area (TPSA) is 44.1 Å². The summed E-state index contributed by atoms with van der Waals surface area (Å²) in [6.45, 7) is 4.64. The smallest absolute Gasteiger partial charge is 0.241 e. The number of nitrogens with zero attached hydrogens (tertiary/aromatic N) is 2. The van der Waals surface area contributed by atoms with Crippen molar-refractivity contribution in [1.29, 1.82) is 5.26 Å². The van der Waals surface area contributed by atoms with Gasteiger partial charge in [0.25, 0.3) is 0 Å². The van der Waals surface area contributed by atoms with Gasteiger partial charge >= 0.3 is 0 Å². The third-order valence-corrected chi connectivity index (χ3v) is 4.87. The quantitative estimate of drug-likeness (QED) is 0.775. The van der Waals surface area contributed by atoms with E-state index >= 15 is 0 Å². The monoisotopic (exact) mass is 356 g/mol. The molecule has 128 valence electrons. The molecule has 0 N–H and O–H groups in total. The molecule has 0 aromatic heterocycles. The van der Waals surface area contributed by atoms with Crippen molar-refractivity contribution in [2.45, 2.75) is 25.7 Å². The molecule has 1 amide bonds. The predicted molar refractivity (Wildman–Crippen MR) is 96.5 cm³/mol. The molecule has 0 aliphatic carbocycles. The van der Waals surface area contributed by atoms with E-state index in [2.05, 4.69) is 6.07 Å². The Morgan fingerprint density at radius 2 is 2.00 bits per heavy atom. The number of nitriles is 1. The fourth-order valence-corrected chi connectivity index (χ4v) is 3.47. The van der Waals surface area contributed by atoms with E-state index in [-0.39, 0.29) is 23.0 Å². The number of amides is 1. The van der Waals surface area contributed by atoms with Crippen LogP contribution in [0.2, 0.25) is 0 Å². The minimum absolute atomic E-state index is 0.0805. The molecule has 3 rings (SSSR count). The van der Waals surface area contributed by atoms with Crippen molar-refractivity contribution in [2.24, 2.45) is 0 Å². The summed E-state index contributed by atoms with van der Waals surface area (Å²) in [5, 5.41) is 9.55. The van der Waals surface area contributed by atoms with E-state index in [0.29, 0.717) is 18.5 Å². The Labute approximate surface area is 151 Å². The molecule has 1 heterocycles. The number of fused-ring (bicyclic) bond motifs is 1. The molecule has 0 bridgehead atoms. The van der Waals surface area contributed by atoms with Crippen molar-refractivity contribution in [3.05, 3.63) is 64.5 Å². The maximum Gasteiger partial charge on any atom is 0.241 e. The van der Waals surface area contributed by atoms with Crippen molar-refractivity contribution in [3.63, 3.8) is 0 Å². The zero-order valence-electron chi connectivity index (χ0n) is 14.1. The van der Waals surface area contributed by atoms with E-state index < -0.39 is 0 Å². The fourth-order valence-electron chi connectivity index (χ4n) is 3.33. The number of halogens is 2. The molecule has 0 saturated heterocycles. The third kappa shape index (κ3) is 3.25. The van der Waals surface area contributed by atoms with Crippen molar-refractivity contribution in [2.75, 3.05) is 17.3 Å². The lowest BCUT2D eigenvalue weighted by Gasteiger charge is -2.19. The summed E-state index contributed by atoms with van der Waals surface area (Å²) in [5.41, 5.74) is 3.86.